The van der Waals surface area contributed by atoms with Crippen molar-refractivity contribution in [2.24, 2.45) is 0 Å². The summed E-state index contributed by atoms with van der Waals surface area (Å²) in [5, 5.41) is 10.5. The van der Waals surface area contributed by atoms with E-state index >= 15 is 0 Å². The second-order valence-electron chi connectivity index (χ2n) is 4.73. The fourth-order valence-corrected chi connectivity index (χ4v) is 2.78. The molecule has 4 rings (SSSR count). The summed E-state index contributed by atoms with van der Waals surface area (Å²) < 4.78 is 1.41. The standard InChI is InChI=1S/C16H9NO3/c18-14-11-7-3-4-8-12(11)17-13(15(14)19)9-5-1-2-6-10(9)16(17)20/h1-8,19H. The second-order valence-corrected chi connectivity index (χ2v) is 4.73. The van der Waals surface area contributed by atoms with E-state index in [9.17, 15) is 14.7 Å². The van der Waals surface area contributed by atoms with Gasteiger partial charge in [0.2, 0.25) is 5.43 Å². The van der Waals surface area contributed by atoms with Crippen LogP contribution >= 0.6 is 0 Å². The van der Waals surface area contributed by atoms with Gasteiger partial charge >= 0.3 is 0 Å². The minimum atomic E-state index is -0.448. The molecule has 1 aliphatic rings. The highest BCUT2D eigenvalue weighted by atomic mass is 16.3. The van der Waals surface area contributed by atoms with Crippen LogP contribution in [0.15, 0.2) is 53.3 Å². The number of para-hydroxylation sites is 1. The number of pyridine rings is 1. The molecule has 20 heavy (non-hydrogen) atoms. The lowest BCUT2D eigenvalue weighted by molar-refractivity contribution is 0.0972. The van der Waals surface area contributed by atoms with Crippen molar-refractivity contribution in [3.05, 3.63) is 64.3 Å². The Balaban J connectivity index is 2.30. The second kappa shape index (κ2) is 3.57. The lowest BCUT2D eigenvalue weighted by Gasteiger charge is -2.09. The van der Waals surface area contributed by atoms with Crippen LogP contribution in [0.3, 0.4) is 0 Å². The Labute approximate surface area is 113 Å². The van der Waals surface area contributed by atoms with Gasteiger partial charge in [0.05, 0.1) is 10.9 Å². The highest BCUT2D eigenvalue weighted by Crippen LogP contribution is 2.38. The largest absolute Gasteiger partial charge is 0.503 e. The van der Waals surface area contributed by atoms with Gasteiger partial charge in [-0.3, -0.25) is 14.2 Å². The number of carbonyl (C=O) groups excluding carboxylic acids is 1. The Morgan fingerprint density at radius 1 is 0.850 bits per heavy atom. The first kappa shape index (κ1) is 11.0. The Hall–Kier alpha value is -2.88. The van der Waals surface area contributed by atoms with Crippen LogP contribution in [-0.2, 0) is 0 Å². The molecule has 2 heterocycles. The van der Waals surface area contributed by atoms with Gasteiger partial charge in [-0.15, -0.1) is 0 Å². The molecule has 3 aromatic rings. The van der Waals surface area contributed by atoms with Gasteiger partial charge in [-0.25, -0.2) is 0 Å². The molecule has 2 aromatic carbocycles. The number of nitrogens with zero attached hydrogens (tertiary/aromatic N) is 1. The predicted octanol–water partition coefficient (Wildman–Crippen LogP) is 2.38. The van der Waals surface area contributed by atoms with Gasteiger partial charge < -0.3 is 5.11 Å². The summed E-state index contributed by atoms with van der Waals surface area (Å²) in [6.07, 6.45) is 0. The number of aromatic hydroxyl groups is 1. The predicted molar refractivity (Wildman–Crippen MR) is 75.0 cm³/mol. The Morgan fingerprint density at radius 2 is 1.50 bits per heavy atom. The van der Waals surface area contributed by atoms with Gasteiger partial charge in [-0.05, 0) is 18.2 Å². The van der Waals surface area contributed by atoms with Gasteiger partial charge in [-0.2, -0.15) is 0 Å². The number of benzene rings is 2. The fourth-order valence-electron chi connectivity index (χ4n) is 2.78. The zero-order valence-corrected chi connectivity index (χ0v) is 10.3. The number of hydrogen-bond acceptors (Lipinski definition) is 3. The number of rotatable bonds is 0. The Morgan fingerprint density at radius 3 is 2.30 bits per heavy atom. The Kier molecular flexibility index (Phi) is 1.96. The molecular formula is C16H9NO3. The van der Waals surface area contributed by atoms with Gasteiger partial charge in [0.25, 0.3) is 5.91 Å². The van der Waals surface area contributed by atoms with E-state index in [1.54, 1.807) is 48.5 Å². The van der Waals surface area contributed by atoms with Gasteiger partial charge in [0, 0.05) is 11.1 Å². The molecule has 4 heteroatoms. The maximum absolute atomic E-state index is 12.5. The van der Waals surface area contributed by atoms with Crippen LogP contribution in [-0.4, -0.2) is 15.6 Å². The highest BCUT2D eigenvalue weighted by molar-refractivity contribution is 6.13. The summed E-state index contributed by atoms with van der Waals surface area (Å²) in [6.45, 7) is 0. The van der Waals surface area contributed by atoms with E-state index < -0.39 is 5.43 Å². The summed E-state index contributed by atoms with van der Waals surface area (Å²) in [5.41, 5.74) is 1.45. The van der Waals surface area contributed by atoms with Crippen molar-refractivity contribution in [2.45, 2.75) is 0 Å². The van der Waals surface area contributed by atoms with E-state index in [0.29, 0.717) is 22.0 Å². The highest BCUT2D eigenvalue weighted by Gasteiger charge is 2.31. The van der Waals surface area contributed by atoms with Crippen LogP contribution in [0.5, 0.6) is 5.75 Å². The monoisotopic (exact) mass is 263 g/mol. The zero-order chi connectivity index (χ0) is 13.9. The van der Waals surface area contributed by atoms with Crippen LogP contribution < -0.4 is 5.43 Å². The summed E-state index contributed by atoms with van der Waals surface area (Å²) in [4.78, 5) is 24.7. The average Bonchev–Trinajstić information content (AvgIpc) is 2.79. The van der Waals surface area contributed by atoms with E-state index in [4.69, 9.17) is 0 Å². The molecule has 0 aliphatic carbocycles. The minimum absolute atomic E-state index is 0.220. The van der Waals surface area contributed by atoms with E-state index in [-0.39, 0.29) is 17.4 Å². The lowest BCUT2D eigenvalue weighted by atomic mass is 10.1. The van der Waals surface area contributed by atoms with E-state index in [1.807, 2.05) is 0 Å². The minimum Gasteiger partial charge on any atom is -0.503 e. The molecule has 0 atom stereocenters. The SMILES string of the molecule is O=C1c2ccccc2-c2c(O)c(=O)c3ccccc3n21. The molecule has 0 unspecified atom stereocenters. The first-order chi connectivity index (χ1) is 9.70. The van der Waals surface area contributed by atoms with Gasteiger partial charge in [-0.1, -0.05) is 30.3 Å². The molecule has 96 valence electrons. The van der Waals surface area contributed by atoms with Crippen molar-refractivity contribution in [1.29, 1.82) is 0 Å². The van der Waals surface area contributed by atoms with Crippen molar-refractivity contribution in [2.75, 3.05) is 0 Å². The molecule has 1 aliphatic heterocycles. The quantitative estimate of drug-likeness (QED) is 0.530. The number of fused-ring (bicyclic) bond motifs is 5. The maximum atomic E-state index is 12.5. The number of carbonyl (C=O) groups is 1. The normalized spacial score (nSPS) is 12.5. The molecular weight excluding hydrogens is 254 g/mol. The zero-order valence-electron chi connectivity index (χ0n) is 10.3. The third kappa shape index (κ3) is 1.15. The lowest BCUT2D eigenvalue weighted by Crippen LogP contribution is -2.13. The molecule has 0 saturated heterocycles. The topological polar surface area (TPSA) is 59.3 Å². The summed E-state index contributed by atoms with van der Waals surface area (Å²) in [5.74, 6) is -0.593. The van der Waals surface area contributed by atoms with Crippen molar-refractivity contribution in [3.8, 4) is 17.0 Å². The van der Waals surface area contributed by atoms with Crippen molar-refractivity contribution in [3.63, 3.8) is 0 Å². The van der Waals surface area contributed by atoms with E-state index in [2.05, 4.69) is 0 Å². The molecule has 0 fully saturated rings. The fraction of sp³-hybridized carbons (Fsp3) is 0. The smallest absolute Gasteiger partial charge is 0.263 e. The molecule has 0 amide bonds. The number of aromatic nitrogens is 1. The molecule has 0 spiro atoms. The molecule has 1 N–H and O–H groups in total. The summed E-state index contributed by atoms with van der Waals surface area (Å²) in [6, 6.07) is 13.8. The Bertz CT molecular complexity index is 954. The average molecular weight is 263 g/mol. The van der Waals surface area contributed by atoms with Gasteiger partial charge in [0.1, 0.15) is 5.69 Å². The van der Waals surface area contributed by atoms with Crippen LogP contribution in [0.25, 0.3) is 22.2 Å². The van der Waals surface area contributed by atoms with Crippen LogP contribution in [0.1, 0.15) is 10.4 Å². The van der Waals surface area contributed by atoms with Crippen LogP contribution in [0, 0.1) is 0 Å². The van der Waals surface area contributed by atoms with E-state index in [0.717, 1.165) is 0 Å². The first-order valence-corrected chi connectivity index (χ1v) is 6.21. The molecule has 4 nitrogen and oxygen atoms in total. The summed E-state index contributed by atoms with van der Waals surface area (Å²) >= 11 is 0. The molecule has 0 radical (unpaired) electrons. The number of hydrogen-bond donors (Lipinski definition) is 1. The van der Waals surface area contributed by atoms with Crippen molar-refractivity contribution < 1.29 is 9.90 Å². The maximum Gasteiger partial charge on any atom is 0.263 e. The first-order valence-electron chi connectivity index (χ1n) is 6.21. The van der Waals surface area contributed by atoms with E-state index in [1.165, 1.54) is 4.57 Å². The van der Waals surface area contributed by atoms with Crippen LogP contribution in [0.2, 0.25) is 0 Å². The summed E-state index contributed by atoms with van der Waals surface area (Å²) in [7, 11) is 0. The third-order valence-electron chi connectivity index (χ3n) is 3.67. The van der Waals surface area contributed by atoms with Crippen LogP contribution in [0.4, 0.5) is 0 Å². The molecule has 0 saturated carbocycles. The third-order valence-corrected chi connectivity index (χ3v) is 3.67. The molecule has 1 aromatic heterocycles. The molecule has 0 bridgehead atoms. The van der Waals surface area contributed by atoms with Crippen molar-refractivity contribution in [1.82, 2.24) is 4.57 Å². The van der Waals surface area contributed by atoms with Crippen molar-refractivity contribution >= 4 is 16.8 Å². The van der Waals surface area contributed by atoms with Gasteiger partial charge in [0.15, 0.2) is 5.75 Å².